The van der Waals surface area contributed by atoms with E-state index in [1.54, 1.807) is 0 Å². The van der Waals surface area contributed by atoms with Crippen molar-refractivity contribution >= 4 is 29.8 Å². The molecule has 0 aromatic heterocycles. The number of benzene rings is 1. The summed E-state index contributed by atoms with van der Waals surface area (Å²) in [6, 6.07) is 2.63. The van der Waals surface area contributed by atoms with Gasteiger partial charge in [-0.05, 0) is 30.7 Å². The Balaban J connectivity index is 2.03. The average molecular weight is 531 g/mol. The standard InChI is InChI=1S/C17H14ClF3N2O12/c1-8-2-10(18)3-9-4-12(14(17(19,20)21)35-13(8)9)15(24)30-7-31-16(25)34-11(5-32-22(26)27)6-33-23(28)29/h2-4,11,14H,5-7H2,1H3. The lowest BCUT2D eigenvalue weighted by molar-refractivity contribution is -0.768. The van der Waals surface area contributed by atoms with Crippen LogP contribution in [0, 0.1) is 27.2 Å². The molecule has 1 aliphatic rings. The highest BCUT2D eigenvalue weighted by Gasteiger charge is 2.49. The van der Waals surface area contributed by atoms with E-state index in [9.17, 15) is 43.0 Å². The second kappa shape index (κ2) is 11.4. The van der Waals surface area contributed by atoms with Crippen LogP contribution in [-0.4, -0.2) is 60.7 Å². The van der Waals surface area contributed by atoms with Crippen molar-refractivity contribution in [3.8, 4) is 5.75 Å². The molecular formula is C17H14ClF3N2O12. The Morgan fingerprint density at radius 1 is 1.14 bits per heavy atom. The zero-order chi connectivity index (χ0) is 26.3. The number of hydrogen-bond donors (Lipinski definition) is 0. The van der Waals surface area contributed by atoms with E-state index in [0.717, 1.165) is 6.08 Å². The minimum absolute atomic E-state index is 0.0715. The second-order valence-electron chi connectivity index (χ2n) is 6.50. The molecular weight excluding hydrogens is 517 g/mol. The molecule has 192 valence electrons. The summed E-state index contributed by atoms with van der Waals surface area (Å²) >= 11 is 5.89. The largest absolute Gasteiger partial charge is 0.511 e. The number of nitrogens with zero attached hydrogens (tertiary/aromatic N) is 2. The van der Waals surface area contributed by atoms with Gasteiger partial charge in [0.15, 0.2) is 6.10 Å². The van der Waals surface area contributed by atoms with Gasteiger partial charge >= 0.3 is 18.3 Å². The monoisotopic (exact) mass is 530 g/mol. The highest BCUT2D eigenvalue weighted by molar-refractivity contribution is 6.30. The fraction of sp³-hybridized carbons (Fsp3) is 0.412. The molecule has 0 amide bonds. The Bertz CT molecular complexity index is 1010. The summed E-state index contributed by atoms with van der Waals surface area (Å²) in [5, 5.41) is 18.0. The fourth-order valence-corrected chi connectivity index (χ4v) is 2.93. The smallest absolute Gasteiger partial charge is 0.475 e. The molecule has 1 unspecified atom stereocenters. The molecule has 1 atom stereocenters. The second-order valence-corrected chi connectivity index (χ2v) is 6.94. The molecule has 0 saturated heterocycles. The summed E-state index contributed by atoms with van der Waals surface area (Å²) in [5.74, 6) is -1.71. The number of aryl methyl sites for hydroxylation is 1. The lowest BCUT2D eigenvalue weighted by atomic mass is 9.99. The number of carbonyl (C=O) groups excluding carboxylic acids is 2. The average Bonchev–Trinajstić information content (AvgIpc) is 2.73. The van der Waals surface area contributed by atoms with Crippen molar-refractivity contribution < 1.29 is 61.6 Å². The maximum atomic E-state index is 13.5. The van der Waals surface area contributed by atoms with Crippen molar-refractivity contribution in [3.05, 3.63) is 54.1 Å². The van der Waals surface area contributed by atoms with Gasteiger partial charge in [-0.2, -0.15) is 13.2 Å². The molecule has 18 heteroatoms. The van der Waals surface area contributed by atoms with Crippen LogP contribution in [0.1, 0.15) is 11.1 Å². The third kappa shape index (κ3) is 8.05. The fourth-order valence-electron chi connectivity index (χ4n) is 2.65. The molecule has 1 aliphatic heterocycles. The maximum Gasteiger partial charge on any atom is 0.511 e. The van der Waals surface area contributed by atoms with Crippen molar-refractivity contribution in [1.29, 1.82) is 0 Å². The number of halogens is 4. The van der Waals surface area contributed by atoms with Crippen molar-refractivity contribution in [3.63, 3.8) is 0 Å². The van der Waals surface area contributed by atoms with Gasteiger partial charge in [-0.1, -0.05) is 11.6 Å². The number of ether oxygens (including phenoxy) is 4. The van der Waals surface area contributed by atoms with Gasteiger partial charge in [-0.3, -0.25) is 0 Å². The van der Waals surface area contributed by atoms with Gasteiger partial charge in [-0.15, -0.1) is 20.2 Å². The van der Waals surface area contributed by atoms with Crippen LogP contribution in [0.3, 0.4) is 0 Å². The van der Waals surface area contributed by atoms with Gasteiger partial charge < -0.3 is 28.6 Å². The van der Waals surface area contributed by atoms with Crippen molar-refractivity contribution in [2.75, 3.05) is 20.0 Å². The summed E-state index contributed by atoms with van der Waals surface area (Å²) in [7, 11) is 0. The van der Waals surface area contributed by atoms with Crippen LogP contribution in [0.4, 0.5) is 18.0 Å². The van der Waals surface area contributed by atoms with Gasteiger partial charge in [0.2, 0.25) is 12.9 Å². The molecule has 2 rings (SSSR count). The van der Waals surface area contributed by atoms with E-state index in [4.69, 9.17) is 16.3 Å². The molecule has 0 N–H and O–H groups in total. The van der Waals surface area contributed by atoms with Gasteiger partial charge in [0, 0.05) is 10.6 Å². The number of rotatable bonds is 10. The van der Waals surface area contributed by atoms with Crippen LogP contribution < -0.4 is 4.74 Å². The van der Waals surface area contributed by atoms with E-state index in [0.29, 0.717) is 0 Å². The Morgan fingerprint density at radius 3 is 2.29 bits per heavy atom. The van der Waals surface area contributed by atoms with Crippen molar-refractivity contribution in [2.24, 2.45) is 0 Å². The van der Waals surface area contributed by atoms with Crippen molar-refractivity contribution in [2.45, 2.75) is 25.3 Å². The van der Waals surface area contributed by atoms with E-state index < -0.39 is 66.3 Å². The summed E-state index contributed by atoms with van der Waals surface area (Å²) in [6.07, 6.45) is -10.2. The number of alkyl halides is 3. The van der Waals surface area contributed by atoms with Crippen LogP contribution in [0.15, 0.2) is 17.7 Å². The van der Waals surface area contributed by atoms with Gasteiger partial charge in [0.05, 0.1) is 5.57 Å². The highest BCUT2D eigenvalue weighted by Crippen LogP contribution is 2.40. The van der Waals surface area contributed by atoms with Gasteiger partial charge in [0.25, 0.3) is 10.2 Å². The Kier molecular flexibility index (Phi) is 8.87. The first-order valence-corrected chi connectivity index (χ1v) is 9.46. The molecule has 0 bridgehead atoms. The molecule has 0 radical (unpaired) electrons. The molecule has 0 spiro atoms. The van der Waals surface area contributed by atoms with Crippen LogP contribution in [0.5, 0.6) is 5.75 Å². The first-order valence-electron chi connectivity index (χ1n) is 9.08. The van der Waals surface area contributed by atoms with E-state index in [1.807, 2.05) is 0 Å². The minimum Gasteiger partial charge on any atom is -0.475 e. The molecule has 14 nitrogen and oxygen atoms in total. The maximum absolute atomic E-state index is 13.5. The molecule has 35 heavy (non-hydrogen) atoms. The predicted octanol–water partition coefficient (Wildman–Crippen LogP) is 2.79. The van der Waals surface area contributed by atoms with Crippen LogP contribution >= 0.6 is 11.6 Å². The van der Waals surface area contributed by atoms with Gasteiger partial charge in [0.1, 0.15) is 19.0 Å². The molecule has 0 fully saturated rings. The minimum atomic E-state index is -5.02. The SMILES string of the molecule is Cc1cc(Cl)cc2c1OC(C(F)(F)F)C(C(=O)OCOC(=O)OC(CO[N+](=O)[O-])CO[N+](=O)[O-])=C2. The zero-order valence-electron chi connectivity index (χ0n) is 17.3. The molecule has 1 aromatic carbocycles. The van der Waals surface area contributed by atoms with Gasteiger partial charge in [-0.25, -0.2) is 9.59 Å². The first-order chi connectivity index (χ1) is 16.3. The summed E-state index contributed by atoms with van der Waals surface area (Å²) < 4.78 is 58.8. The number of esters is 1. The summed E-state index contributed by atoms with van der Waals surface area (Å²) in [4.78, 5) is 52.2. The van der Waals surface area contributed by atoms with Crippen molar-refractivity contribution in [1.82, 2.24) is 0 Å². The lowest BCUT2D eigenvalue weighted by Crippen LogP contribution is -2.41. The summed E-state index contributed by atoms with van der Waals surface area (Å²) in [6.45, 7) is -1.75. The first kappa shape index (κ1) is 27.2. The number of carbonyl (C=O) groups is 2. The third-order valence-electron chi connectivity index (χ3n) is 3.99. The lowest BCUT2D eigenvalue weighted by Gasteiger charge is -2.28. The van der Waals surface area contributed by atoms with E-state index in [1.165, 1.54) is 19.1 Å². The summed E-state index contributed by atoms with van der Waals surface area (Å²) in [5.41, 5.74) is -0.615. The quantitative estimate of drug-likeness (QED) is 0.187. The topological polar surface area (TPSA) is 176 Å². The van der Waals surface area contributed by atoms with E-state index in [2.05, 4.69) is 23.9 Å². The molecule has 1 aromatic rings. The predicted molar refractivity (Wildman–Crippen MR) is 103 cm³/mol. The van der Waals surface area contributed by atoms with E-state index in [-0.39, 0.29) is 21.9 Å². The Hall–Kier alpha value is -4.02. The molecule has 0 saturated carbocycles. The highest BCUT2D eigenvalue weighted by atomic mass is 35.5. The van der Waals surface area contributed by atoms with E-state index >= 15 is 0 Å². The Labute approximate surface area is 197 Å². The zero-order valence-corrected chi connectivity index (χ0v) is 18.1. The molecule has 0 aliphatic carbocycles. The molecule has 1 heterocycles. The normalized spacial score (nSPS) is 14.7. The third-order valence-corrected chi connectivity index (χ3v) is 4.21. The van der Waals surface area contributed by atoms with Crippen LogP contribution in [-0.2, 0) is 28.7 Å². The Morgan fingerprint density at radius 2 is 1.74 bits per heavy atom. The van der Waals surface area contributed by atoms with Crippen LogP contribution in [0.25, 0.3) is 6.08 Å². The number of hydrogen-bond acceptors (Lipinski definition) is 12. The van der Waals surface area contributed by atoms with Crippen LogP contribution in [0.2, 0.25) is 5.02 Å². The number of fused-ring (bicyclic) bond motifs is 1.